The lowest BCUT2D eigenvalue weighted by atomic mass is 10.1. The number of piperazine rings is 1. The van der Waals surface area contributed by atoms with Gasteiger partial charge in [0.05, 0.1) is 6.07 Å². The molecule has 2 rings (SSSR count). The van der Waals surface area contributed by atoms with Gasteiger partial charge in [-0.25, -0.2) is 0 Å². The van der Waals surface area contributed by atoms with Crippen LogP contribution in [-0.4, -0.2) is 48.1 Å². The van der Waals surface area contributed by atoms with E-state index in [2.05, 4.69) is 22.8 Å². The Balaban J connectivity index is 1.82. The second-order valence-corrected chi connectivity index (χ2v) is 4.90. The molecule has 0 aromatic carbocycles. The summed E-state index contributed by atoms with van der Waals surface area (Å²) in [5.41, 5.74) is 0. The van der Waals surface area contributed by atoms with Crippen molar-refractivity contribution in [1.29, 1.82) is 5.26 Å². The molecule has 2 unspecified atom stereocenters. The molecule has 0 aromatic heterocycles. The molecule has 0 amide bonds. The summed E-state index contributed by atoms with van der Waals surface area (Å²) in [6.45, 7) is 7.20. The highest BCUT2D eigenvalue weighted by Crippen LogP contribution is 2.24. The maximum Gasteiger partial charge on any atom is 0.0622 e. The zero-order valence-corrected chi connectivity index (χ0v) is 9.65. The number of fused-ring (bicyclic) bond motifs is 1. The molecule has 3 nitrogen and oxygen atoms in total. The van der Waals surface area contributed by atoms with Crippen LogP contribution in [0, 0.1) is 11.3 Å². The van der Waals surface area contributed by atoms with Crippen molar-refractivity contribution < 1.29 is 0 Å². The molecule has 15 heavy (non-hydrogen) atoms. The van der Waals surface area contributed by atoms with Crippen molar-refractivity contribution >= 4 is 0 Å². The fraction of sp³-hybridized carbons (Fsp3) is 0.917. The van der Waals surface area contributed by atoms with E-state index in [9.17, 15) is 0 Å². The van der Waals surface area contributed by atoms with Gasteiger partial charge >= 0.3 is 0 Å². The highest BCUT2D eigenvalue weighted by molar-refractivity contribution is 4.90. The Bertz CT molecular complexity index is 246. The molecular weight excluding hydrogens is 186 g/mol. The average molecular weight is 207 g/mol. The number of hydrogen-bond donors (Lipinski definition) is 0. The third kappa shape index (κ3) is 2.50. The Morgan fingerprint density at radius 2 is 2.27 bits per heavy atom. The first-order chi connectivity index (χ1) is 7.31. The second kappa shape index (κ2) is 4.96. The maximum absolute atomic E-state index is 8.54. The molecule has 0 N–H and O–H groups in total. The smallest absolute Gasteiger partial charge is 0.0622 e. The van der Waals surface area contributed by atoms with Gasteiger partial charge in [-0.1, -0.05) is 0 Å². The largest absolute Gasteiger partial charge is 0.298 e. The Labute approximate surface area is 92.7 Å². The van der Waals surface area contributed by atoms with Crippen molar-refractivity contribution in [2.45, 2.75) is 44.7 Å². The number of unbranched alkanes of at least 4 members (excludes halogenated alkanes) is 1. The summed E-state index contributed by atoms with van der Waals surface area (Å²) in [6.07, 6.45) is 4.50. The normalized spacial score (nSPS) is 32.5. The zero-order chi connectivity index (χ0) is 10.7. The van der Waals surface area contributed by atoms with Gasteiger partial charge in [0, 0.05) is 31.6 Å². The minimum absolute atomic E-state index is 0.679. The summed E-state index contributed by atoms with van der Waals surface area (Å²) in [4.78, 5) is 5.22. The van der Waals surface area contributed by atoms with E-state index in [1.807, 2.05) is 0 Å². The number of nitriles is 1. The maximum atomic E-state index is 8.54. The molecule has 3 heteroatoms. The number of nitrogens with zero attached hydrogens (tertiary/aromatic N) is 3. The molecule has 0 saturated carbocycles. The zero-order valence-electron chi connectivity index (χ0n) is 9.65. The molecule has 84 valence electrons. The molecule has 2 atom stereocenters. The Morgan fingerprint density at radius 1 is 1.40 bits per heavy atom. The number of rotatable bonds is 3. The molecule has 0 aromatic rings. The Kier molecular flexibility index (Phi) is 3.61. The van der Waals surface area contributed by atoms with Gasteiger partial charge in [0.25, 0.3) is 0 Å². The van der Waals surface area contributed by atoms with Crippen molar-refractivity contribution in [2.24, 2.45) is 0 Å². The predicted octanol–water partition coefficient (Wildman–Crippen LogP) is 1.46. The van der Waals surface area contributed by atoms with Crippen molar-refractivity contribution in [3.8, 4) is 6.07 Å². The molecule has 2 heterocycles. The fourth-order valence-electron chi connectivity index (χ4n) is 2.92. The van der Waals surface area contributed by atoms with E-state index in [0.29, 0.717) is 12.5 Å². The first-order valence-electron chi connectivity index (χ1n) is 6.16. The van der Waals surface area contributed by atoms with Crippen LogP contribution in [0.3, 0.4) is 0 Å². The van der Waals surface area contributed by atoms with Crippen LogP contribution in [0.25, 0.3) is 0 Å². The molecular formula is C12H21N3. The highest BCUT2D eigenvalue weighted by atomic mass is 15.3. The Morgan fingerprint density at radius 3 is 3.07 bits per heavy atom. The third-order valence-electron chi connectivity index (χ3n) is 3.80. The van der Waals surface area contributed by atoms with Gasteiger partial charge < -0.3 is 0 Å². The number of hydrogen-bond acceptors (Lipinski definition) is 3. The van der Waals surface area contributed by atoms with Crippen LogP contribution in [0.5, 0.6) is 0 Å². The third-order valence-corrected chi connectivity index (χ3v) is 3.80. The summed E-state index contributed by atoms with van der Waals surface area (Å²) in [5.74, 6) is 0. The van der Waals surface area contributed by atoms with E-state index in [1.54, 1.807) is 0 Å². The molecule has 2 saturated heterocycles. The molecule has 2 aliphatic rings. The fourth-order valence-corrected chi connectivity index (χ4v) is 2.92. The summed E-state index contributed by atoms with van der Waals surface area (Å²) in [7, 11) is 0. The van der Waals surface area contributed by atoms with Crippen LogP contribution in [0.15, 0.2) is 0 Å². The van der Waals surface area contributed by atoms with E-state index in [4.69, 9.17) is 5.26 Å². The van der Waals surface area contributed by atoms with Crippen LogP contribution in [0.4, 0.5) is 0 Å². The first kappa shape index (κ1) is 10.9. The molecule has 2 aliphatic heterocycles. The van der Waals surface area contributed by atoms with Gasteiger partial charge in [-0.15, -0.1) is 0 Å². The highest BCUT2D eigenvalue weighted by Gasteiger charge is 2.33. The van der Waals surface area contributed by atoms with E-state index in [0.717, 1.165) is 19.0 Å². The minimum atomic E-state index is 0.679. The van der Waals surface area contributed by atoms with Gasteiger partial charge in [-0.2, -0.15) is 5.26 Å². The molecule has 0 aliphatic carbocycles. The van der Waals surface area contributed by atoms with Crippen LogP contribution in [0.2, 0.25) is 0 Å². The monoisotopic (exact) mass is 207 g/mol. The summed E-state index contributed by atoms with van der Waals surface area (Å²) in [5, 5.41) is 8.54. The minimum Gasteiger partial charge on any atom is -0.298 e. The van der Waals surface area contributed by atoms with Gasteiger partial charge in [-0.05, 0) is 39.3 Å². The van der Waals surface area contributed by atoms with Gasteiger partial charge in [-0.3, -0.25) is 9.80 Å². The summed E-state index contributed by atoms with van der Waals surface area (Å²) in [6, 6.07) is 3.72. The SMILES string of the molecule is CC1CN2CCCC2CN1CCCC#N. The lowest BCUT2D eigenvalue weighted by Gasteiger charge is -2.42. The molecule has 0 spiro atoms. The topological polar surface area (TPSA) is 30.3 Å². The van der Waals surface area contributed by atoms with Crippen LogP contribution in [-0.2, 0) is 0 Å². The lowest BCUT2D eigenvalue weighted by Crippen LogP contribution is -2.54. The Hall–Kier alpha value is -0.590. The van der Waals surface area contributed by atoms with E-state index in [-0.39, 0.29) is 0 Å². The van der Waals surface area contributed by atoms with Crippen molar-refractivity contribution in [3.63, 3.8) is 0 Å². The predicted molar refractivity (Wildman–Crippen MR) is 60.5 cm³/mol. The van der Waals surface area contributed by atoms with Gasteiger partial charge in [0.1, 0.15) is 0 Å². The van der Waals surface area contributed by atoms with Crippen molar-refractivity contribution in [1.82, 2.24) is 9.80 Å². The van der Waals surface area contributed by atoms with Crippen LogP contribution < -0.4 is 0 Å². The molecule has 0 radical (unpaired) electrons. The van der Waals surface area contributed by atoms with Gasteiger partial charge in [0.2, 0.25) is 0 Å². The van der Waals surface area contributed by atoms with E-state index in [1.165, 1.54) is 32.5 Å². The lowest BCUT2D eigenvalue weighted by molar-refractivity contribution is 0.0591. The van der Waals surface area contributed by atoms with Crippen molar-refractivity contribution in [3.05, 3.63) is 0 Å². The molecule has 2 fully saturated rings. The summed E-state index contributed by atoms with van der Waals surface area (Å²) >= 11 is 0. The average Bonchev–Trinajstić information content (AvgIpc) is 2.65. The standard InChI is InChI=1S/C12H21N3/c1-11-9-15-8-4-5-12(15)10-14(11)7-3-2-6-13/h11-12H,2-5,7-10H2,1H3. The van der Waals surface area contributed by atoms with Crippen LogP contribution >= 0.6 is 0 Å². The quantitative estimate of drug-likeness (QED) is 0.656. The summed E-state index contributed by atoms with van der Waals surface area (Å²) < 4.78 is 0. The second-order valence-electron chi connectivity index (χ2n) is 4.90. The van der Waals surface area contributed by atoms with Crippen LogP contribution in [0.1, 0.15) is 32.6 Å². The van der Waals surface area contributed by atoms with E-state index < -0.39 is 0 Å². The first-order valence-corrected chi connectivity index (χ1v) is 6.16. The molecule has 0 bridgehead atoms. The van der Waals surface area contributed by atoms with Crippen molar-refractivity contribution in [2.75, 3.05) is 26.2 Å². The van der Waals surface area contributed by atoms with E-state index >= 15 is 0 Å². The van der Waals surface area contributed by atoms with Gasteiger partial charge in [0.15, 0.2) is 0 Å².